The van der Waals surface area contributed by atoms with Gasteiger partial charge in [0.25, 0.3) is 0 Å². The Bertz CT molecular complexity index is 882. The second-order valence-electron chi connectivity index (χ2n) is 5.00. The van der Waals surface area contributed by atoms with Gasteiger partial charge in [-0.25, -0.2) is 4.79 Å². The quantitative estimate of drug-likeness (QED) is 0.691. The van der Waals surface area contributed by atoms with Crippen molar-refractivity contribution in [2.45, 2.75) is 13.0 Å². The van der Waals surface area contributed by atoms with Gasteiger partial charge in [-0.3, -0.25) is 4.79 Å². The fourth-order valence-electron chi connectivity index (χ4n) is 2.27. The third-order valence-electron chi connectivity index (χ3n) is 3.38. The Morgan fingerprint density at radius 1 is 1.09 bits per heavy atom. The monoisotopic (exact) mass is 315 g/mol. The van der Waals surface area contributed by atoms with E-state index in [-0.39, 0.29) is 18.0 Å². The summed E-state index contributed by atoms with van der Waals surface area (Å²) in [5, 5.41) is 3.43. The minimum Gasteiger partial charge on any atom is -0.352 e. The molecular weight excluding hydrogens is 302 g/mol. The van der Waals surface area contributed by atoms with Gasteiger partial charge in [0.2, 0.25) is 5.91 Å². The standard InChI is InChI=1S/C16H14ClN3O2/c17-12-4-2-1-3-11(12)8-15(21)18-9-10-5-6-13-14(7-10)20-16(22)19-13/h1-7H,8-9H2,(H,18,21)(H2,19,20,22). The second kappa shape index (κ2) is 6.07. The molecule has 1 aromatic heterocycles. The first-order valence-electron chi connectivity index (χ1n) is 6.83. The predicted octanol–water partition coefficient (Wildman–Crippen LogP) is 2.37. The maximum absolute atomic E-state index is 12.0. The zero-order valence-electron chi connectivity index (χ0n) is 11.7. The minimum absolute atomic E-state index is 0.101. The molecule has 0 radical (unpaired) electrons. The van der Waals surface area contributed by atoms with E-state index in [0.29, 0.717) is 11.6 Å². The van der Waals surface area contributed by atoms with E-state index < -0.39 is 0 Å². The molecule has 0 spiro atoms. The average molecular weight is 316 g/mol. The van der Waals surface area contributed by atoms with Crippen LogP contribution in [0.3, 0.4) is 0 Å². The number of H-pyrrole nitrogens is 2. The molecule has 2 aromatic carbocycles. The smallest absolute Gasteiger partial charge is 0.323 e. The number of imidazole rings is 1. The lowest BCUT2D eigenvalue weighted by Crippen LogP contribution is -2.24. The predicted molar refractivity (Wildman–Crippen MR) is 85.9 cm³/mol. The largest absolute Gasteiger partial charge is 0.352 e. The van der Waals surface area contributed by atoms with Crippen LogP contribution < -0.4 is 11.0 Å². The molecule has 3 aromatic rings. The number of carbonyl (C=O) groups is 1. The summed E-state index contributed by atoms with van der Waals surface area (Å²) in [5.74, 6) is -0.101. The Balaban J connectivity index is 1.64. The van der Waals surface area contributed by atoms with Crippen LogP contribution in [-0.2, 0) is 17.8 Å². The van der Waals surface area contributed by atoms with E-state index in [0.717, 1.165) is 22.2 Å². The third-order valence-corrected chi connectivity index (χ3v) is 3.75. The van der Waals surface area contributed by atoms with Crippen molar-refractivity contribution in [2.75, 3.05) is 0 Å². The third kappa shape index (κ3) is 3.20. The van der Waals surface area contributed by atoms with Crippen LogP contribution in [0.2, 0.25) is 5.02 Å². The Hall–Kier alpha value is -2.53. The van der Waals surface area contributed by atoms with Gasteiger partial charge in [-0.05, 0) is 29.3 Å². The molecule has 0 bridgehead atoms. The number of rotatable bonds is 4. The van der Waals surface area contributed by atoms with Gasteiger partial charge in [0, 0.05) is 11.6 Å². The Kier molecular flexibility index (Phi) is 3.98. The lowest BCUT2D eigenvalue weighted by atomic mass is 10.1. The van der Waals surface area contributed by atoms with Gasteiger partial charge < -0.3 is 15.3 Å². The second-order valence-corrected chi connectivity index (χ2v) is 5.41. The van der Waals surface area contributed by atoms with Crippen molar-refractivity contribution in [2.24, 2.45) is 0 Å². The Labute approximate surface area is 131 Å². The molecule has 0 saturated heterocycles. The van der Waals surface area contributed by atoms with Crippen LogP contribution in [0.25, 0.3) is 11.0 Å². The van der Waals surface area contributed by atoms with Crippen molar-refractivity contribution in [3.63, 3.8) is 0 Å². The molecule has 5 nitrogen and oxygen atoms in total. The summed E-state index contributed by atoms with van der Waals surface area (Å²) in [4.78, 5) is 28.5. The van der Waals surface area contributed by atoms with Gasteiger partial charge >= 0.3 is 5.69 Å². The molecule has 0 fully saturated rings. The highest BCUT2D eigenvalue weighted by Gasteiger charge is 2.07. The molecule has 3 N–H and O–H groups in total. The number of carbonyl (C=O) groups excluding carboxylic acids is 1. The lowest BCUT2D eigenvalue weighted by molar-refractivity contribution is -0.120. The van der Waals surface area contributed by atoms with Crippen LogP contribution in [-0.4, -0.2) is 15.9 Å². The van der Waals surface area contributed by atoms with E-state index in [1.807, 2.05) is 36.4 Å². The fraction of sp³-hybridized carbons (Fsp3) is 0.125. The summed E-state index contributed by atoms with van der Waals surface area (Å²) in [6, 6.07) is 12.8. The number of hydrogen-bond donors (Lipinski definition) is 3. The fourth-order valence-corrected chi connectivity index (χ4v) is 2.47. The Morgan fingerprint density at radius 2 is 1.86 bits per heavy atom. The zero-order chi connectivity index (χ0) is 15.5. The van der Waals surface area contributed by atoms with Gasteiger partial charge in [0.15, 0.2) is 0 Å². The normalized spacial score (nSPS) is 10.8. The summed E-state index contributed by atoms with van der Waals surface area (Å²) in [6.07, 6.45) is 0.239. The van der Waals surface area contributed by atoms with Gasteiger partial charge in [0.05, 0.1) is 17.5 Å². The first-order valence-corrected chi connectivity index (χ1v) is 7.20. The highest BCUT2D eigenvalue weighted by molar-refractivity contribution is 6.31. The molecule has 6 heteroatoms. The zero-order valence-corrected chi connectivity index (χ0v) is 12.4. The molecule has 0 unspecified atom stereocenters. The van der Waals surface area contributed by atoms with E-state index >= 15 is 0 Å². The number of hydrogen-bond acceptors (Lipinski definition) is 2. The average Bonchev–Trinajstić information content (AvgIpc) is 2.87. The Morgan fingerprint density at radius 3 is 2.68 bits per heavy atom. The number of aromatic nitrogens is 2. The van der Waals surface area contributed by atoms with Crippen LogP contribution in [0.1, 0.15) is 11.1 Å². The summed E-state index contributed by atoms with van der Waals surface area (Å²) in [5.41, 5.74) is 2.94. The summed E-state index contributed by atoms with van der Waals surface area (Å²) in [7, 11) is 0. The molecule has 0 atom stereocenters. The molecule has 3 rings (SSSR count). The highest BCUT2D eigenvalue weighted by Crippen LogP contribution is 2.15. The van der Waals surface area contributed by atoms with Crippen LogP contribution in [0.5, 0.6) is 0 Å². The van der Waals surface area contributed by atoms with Gasteiger partial charge in [-0.1, -0.05) is 35.9 Å². The van der Waals surface area contributed by atoms with Crippen LogP contribution >= 0.6 is 11.6 Å². The van der Waals surface area contributed by atoms with Crippen LogP contribution in [0.4, 0.5) is 0 Å². The molecular formula is C16H14ClN3O2. The number of amides is 1. The number of halogens is 1. The van der Waals surface area contributed by atoms with Crippen molar-refractivity contribution >= 4 is 28.5 Å². The van der Waals surface area contributed by atoms with E-state index in [4.69, 9.17) is 11.6 Å². The summed E-state index contributed by atoms with van der Waals surface area (Å²) >= 11 is 6.04. The molecule has 0 aliphatic rings. The van der Waals surface area contributed by atoms with E-state index in [9.17, 15) is 9.59 Å². The van der Waals surface area contributed by atoms with Gasteiger partial charge in [-0.15, -0.1) is 0 Å². The van der Waals surface area contributed by atoms with Crippen molar-refractivity contribution in [1.29, 1.82) is 0 Å². The first kappa shape index (κ1) is 14.4. The molecule has 22 heavy (non-hydrogen) atoms. The molecule has 0 aliphatic heterocycles. The molecule has 0 aliphatic carbocycles. The number of nitrogens with one attached hydrogen (secondary N) is 3. The van der Waals surface area contributed by atoms with Crippen LogP contribution in [0.15, 0.2) is 47.3 Å². The first-order chi connectivity index (χ1) is 10.6. The maximum Gasteiger partial charge on any atom is 0.323 e. The summed E-state index contributed by atoms with van der Waals surface area (Å²) in [6.45, 7) is 0.395. The number of aromatic amines is 2. The molecule has 112 valence electrons. The van der Waals surface area contributed by atoms with Gasteiger partial charge in [-0.2, -0.15) is 0 Å². The molecule has 0 saturated carbocycles. The topological polar surface area (TPSA) is 77.8 Å². The van der Waals surface area contributed by atoms with Crippen molar-refractivity contribution in [3.8, 4) is 0 Å². The van der Waals surface area contributed by atoms with Crippen molar-refractivity contribution in [1.82, 2.24) is 15.3 Å². The van der Waals surface area contributed by atoms with E-state index in [1.54, 1.807) is 6.07 Å². The minimum atomic E-state index is -0.241. The highest BCUT2D eigenvalue weighted by atomic mass is 35.5. The van der Waals surface area contributed by atoms with Crippen molar-refractivity contribution in [3.05, 3.63) is 69.1 Å². The number of benzene rings is 2. The SMILES string of the molecule is O=C(Cc1ccccc1Cl)NCc1ccc2[nH]c(=O)[nH]c2c1. The van der Waals surface area contributed by atoms with Crippen molar-refractivity contribution < 1.29 is 4.79 Å². The lowest BCUT2D eigenvalue weighted by Gasteiger charge is -2.07. The number of fused-ring (bicyclic) bond motifs is 1. The summed E-state index contributed by atoms with van der Waals surface area (Å²) < 4.78 is 0. The van der Waals surface area contributed by atoms with Gasteiger partial charge in [0.1, 0.15) is 0 Å². The molecule has 1 amide bonds. The maximum atomic E-state index is 12.0. The van der Waals surface area contributed by atoms with E-state index in [2.05, 4.69) is 15.3 Å². The van der Waals surface area contributed by atoms with E-state index in [1.165, 1.54) is 0 Å². The van der Waals surface area contributed by atoms with Crippen LogP contribution in [0, 0.1) is 0 Å². The molecule has 1 heterocycles.